The van der Waals surface area contributed by atoms with E-state index in [0.717, 1.165) is 46.7 Å². The van der Waals surface area contributed by atoms with Crippen molar-refractivity contribution < 1.29 is 4.79 Å². The maximum Gasteiger partial charge on any atom is 0.240 e. The van der Waals surface area contributed by atoms with Crippen molar-refractivity contribution in [2.75, 3.05) is 13.1 Å². The van der Waals surface area contributed by atoms with Gasteiger partial charge in [-0.2, -0.15) is 0 Å². The van der Waals surface area contributed by atoms with Gasteiger partial charge in [-0.3, -0.25) is 4.79 Å². The number of nitrogens with zero attached hydrogens (tertiary/aromatic N) is 3. The molecule has 0 unspecified atom stereocenters. The third-order valence-electron chi connectivity index (χ3n) is 4.18. The summed E-state index contributed by atoms with van der Waals surface area (Å²) in [4.78, 5) is 23.8. The fourth-order valence-corrected chi connectivity index (χ4v) is 5.06. The smallest absolute Gasteiger partial charge is 0.240 e. The van der Waals surface area contributed by atoms with Gasteiger partial charge in [-0.1, -0.05) is 42.1 Å². The molecule has 6 heteroatoms. The number of carbonyl (C=O) groups is 1. The van der Waals surface area contributed by atoms with Gasteiger partial charge in [-0.15, -0.1) is 11.3 Å². The molecule has 1 amide bonds. The van der Waals surface area contributed by atoms with Gasteiger partial charge in [0.05, 0.1) is 10.2 Å². The molecule has 2 aromatic heterocycles. The average Bonchev–Trinajstić information content (AvgIpc) is 3.31. The summed E-state index contributed by atoms with van der Waals surface area (Å²) in [5.74, 6) is 0.187. The molecule has 0 spiro atoms. The third kappa shape index (κ3) is 3.03. The van der Waals surface area contributed by atoms with Crippen molar-refractivity contribution in [2.24, 2.45) is 0 Å². The minimum absolute atomic E-state index is 0.187. The number of hydrogen-bond acceptors (Lipinski definition) is 5. The van der Waals surface area contributed by atoms with Crippen molar-refractivity contribution >= 4 is 39.2 Å². The van der Waals surface area contributed by atoms with Gasteiger partial charge in [0.25, 0.3) is 0 Å². The van der Waals surface area contributed by atoms with Gasteiger partial charge < -0.3 is 4.90 Å². The van der Waals surface area contributed by atoms with Crippen molar-refractivity contribution in [1.29, 1.82) is 0 Å². The van der Waals surface area contributed by atoms with Gasteiger partial charge in [0.15, 0.2) is 0 Å². The van der Waals surface area contributed by atoms with Crippen LogP contribution in [0.25, 0.3) is 10.2 Å². The first-order chi connectivity index (χ1) is 11.8. The van der Waals surface area contributed by atoms with Gasteiger partial charge in [0.1, 0.15) is 16.6 Å². The Labute approximate surface area is 148 Å². The molecule has 0 N–H and O–H groups in total. The second-order valence-electron chi connectivity index (χ2n) is 5.75. The van der Waals surface area contributed by atoms with Crippen LogP contribution >= 0.6 is 23.1 Å². The zero-order valence-electron chi connectivity index (χ0n) is 13.1. The molecular weight excluding hydrogens is 338 g/mol. The number of fused-ring (bicyclic) bond motifs is 1. The molecule has 122 valence electrons. The first kappa shape index (κ1) is 15.6. The van der Waals surface area contributed by atoms with Crippen molar-refractivity contribution in [3.05, 3.63) is 53.7 Å². The average molecular weight is 355 g/mol. The van der Waals surface area contributed by atoms with Gasteiger partial charge in [0.2, 0.25) is 5.91 Å². The first-order valence-corrected chi connectivity index (χ1v) is 9.77. The molecule has 3 heterocycles. The predicted molar refractivity (Wildman–Crippen MR) is 98.3 cm³/mol. The summed E-state index contributed by atoms with van der Waals surface area (Å²) in [6, 6.07) is 12.0. The highest BCUT2D eigenvalue weighted by Crippen LogP contribution is 2.40. The van der Waals surface area contributed by atoms with E-state index in [9.17, 15) is 4.79 Å². The SMILES string of the molecule is O=C([C@@H](Sc1ncnc2ccsc12)c1ccccc1)N1CCCC1. The number of rotatable bonds is 4. The molecule has 0 aliphatic carbocycles. The molecule has 1 aromatic carbocycles. The lowest BCUT2D eigenvalue weighted by molar-refractivity contribution is -0.129. The van der Waals surface area contributed by atoms with E-state index in [0.29, 0.717) is 0 Å². The molecule has 1 aliphatic rings. The minimum atomic E-state index is -0.260. The molecular formula is C18H17N3OS2. The van der Waals surface area contributed by atoms with Crippen molar-refractivity contribution in [3.63, 3.8) is 0 Å². The lowest BCUT2D eigenvalue weighted by Crippen LogP contribution is -2.31. The fourth-order valence-electron chi connectivity index (χ4n) is 2.95. The zero-order valence-corrected chi connectivity index (χ0v) is 14.7. The van der Waals surface area contributed by atoms with Crippen LogP contribution in [0.2, 0.25) is 0 Å². The fraction of sp³-hybridized carbons (Fsp3) is 0.278. The van der Waals surface area contributed by atoms with Crippen LogP contribution in [-0.4, -0.2) is 33.9 Å². The minimum Gasteiger partial charge on any atom is -0.341 e. The van der Waals surface area contributed by atoms with Crippen LogP contribution in [0.3, 0.4) is 0 Å². The second-order valence-corrected chi connectivity index (χ2v) is 7.76. The number of amides is 1. The largest absolute Gasteiger partial charge is 0.341 e. The van der Waals surface area contributed by atoms with E-state index in [1.807, 2.05) is 46.7 Å². The lowest BCUT2D eigenvalue weighted by atomic mass is 10.1. The van der Waals surface area contributed by atoms with Crippen LogP contribution in [0.5, 0.6) is 0 Å². The summed E-state index contributed by atoms with van der Waals surface area (Å²) in [7, 11) is 0. The summed E-state index contributed by atoms with van der Waals surface area (Å²) in [5, 5.41) is 2.64. The Bertz CT molecular complexity index is 844. The van der Waals surface area contributed by atoms with Crippen LogP contribution in [0.1, 0.15) is 23.7 Å². The molecule has 0 radical (unpaired) electrons. The van der Waals surface area contributed by atoms with Gasteiger partial charge in [-0.25, -0.2) is 9.97 Å². The predicted octanol–water partition coefficient (Wildman–Crippen LogP) is 4.15. The van der Waals surface area contributed by atoms with Crippen LogP contribution in [0.15, 0.2) is 53.1 Å². The molecule has 24 heavy (non-hydrogen) atoms. The molecule has 1 saturated heterocycles. The topological polar surface area (TPSA) is 46.1 Å². The molecule has 1 aliphatic heterocycles. The molecule has 4 rings (SSSR count). The molecule has 0 saturated carbocycles. The Hall–Kier alpha value is -1.92. The van der Waals surface area contributed by atoms with E-state index in [-0.39, 0.29) is 11.2 Å². The Morgan fingerprint density at radius 2 is 1.92 bits per heavy atom. The van der Waals surface area contributed by atoms with E-state index < -0.39 is 0 Å². The number of likely N-dealkylation sites (tertiary alicyclic amines) is 1. The number of hydrogen-bond donors (Lipinski definition) is 0. The van der Waals surface area contributed by atoms with Crippen LogP contribution < -0.4 is 0 Å². The monoisotopic (exact) mass is 355 g/mol. The normalized spacial score (nSPS) is 15.8. The quantitative estimate of drug-likeness (QED) is 0.521. The van der Waals surface area contributed by atoms with Gasteiger partial charge in [0, 0.05) is 13.1 Å². The highest BCUT2D eigenvalue weighted by Gasteiger charge is 2.29. The Kier molecular flexibility index (Phi) is 4.49. The number of thiophene rings is 1. The second kappa shape index (κ2) is 6.91. The van der Waals surface area contributed by atoms with Gasteiger partial charge in [-0.05, 0) is 29.9 Å². The highest BCUT2D eigenvalue weighted by molar-refractivity contribution is 8.00. The van der Waals surface area contributed by atoms with Crippen LogP contribution in [0, 0.1) is 0 Å². The molecule has 3 aromatic rings. The number of aromatic nitrogens is 2. The number of benzene rings is 1. The van der Waals surface area contributed by atoms with E-state index >= 15 is 0 Å². The summed E-state index contributed by atoms with van der Waals surface area (Å²) in [5.41, 5.74) is 1.97. The summed E-state index contributed by atoms with van der Waals surface area (Å²) in [6.45, 7) is 1.72. The Morgan fingerprint density at radius 1 is 1.12 bits per heavy atom. The standard InChI is InChI=1S/C18H17N3OS2/c22-18(21-9-4-5-10-21)15(13-6-2-1-3-7-13)24-17-16-14(8-11-23-16)19-12-20-17/h1-3,6-8,11-12,15H,4-5,9-10H2/t15-/m0/s1. The number of thioether (sulfide) groups is 1. The first-order valence-electron chi connectivity index (χ1n) is 8.01. The molecule has 1 atom stereocenters. The van der Waals surface area contributed by atoms with Crippen molar-refractivity contribution in [2.45, 2.75) is 23.1 Å². The lowest BCUT2D eigenvalue weighted by Gasteiger charge is -2.23. The van der Waals surface area contributed by atoms with Gasteiger partial charge >= 0.3 is 0 Å². The van der Waals surface area contributed by atoms with Crippen molar-refractivity contribution in [1.82, 2.24) is 14.9 Å². The van der Waals surface area contributed by atoms with E-state index in [1.165, 1.54) is 11.8 Å². The molecule has 1 fully saturated rings. The molecule has 4 nitrogen and oxygen atoms in total. The maximum absolute atomic E-state index is 13.1. The third-order valence-corrected chi connectivity index (χ3v) is 6.47. The Morgan fingerprint density at radius 3 is 2.71 bits per heavy atom. The summed E-state index contributed by atoms with van der Waals surface area (Å²) in [6.07, 6.45) is 3.78. The number of carbonyl (C=O) groups excluding carboxylic acids is 1. The molecule has 0 bridgehead atoms. The summed E-state index contributed by atoms with van der Waals surface area (Å²) >= 11 is 3.16. The van der Waals surface area contributed by atoms with E-state index in [1.54, 1.807) is 17.7 Å². The van der Waals surface area contributed by atoms with E-state index in [2.05, 4.69) is 9.97 Å². The van der Waals surface area contributed by atoms with Crippen molar-refractivity contribution in [3.8, 4) is 0 Å². The highest BCUT2D eigenvalue weighted by atomic mass is 32.2. The van der Waals surface area contributed by atoms with Crippen LogP contribution in [0.4, 0.5) is 0 Å². The zero-order chi connectivity index (χ0) is 16.4. The van der Waals surface area contributed by atoms with Crippen LogP contribution in [-0.2, 0) is 4.79 Å². The van der Waals surface area contributed by atoms with E-state index in [4.69, 9.17) is 0 Å². The summed E-state index contributed by atoms with van der Waals surface area (Å²) < 4.78 is 1.05. The maximum atomic E-state index is 13.1. The Balaban J connectivity index is 1.70.